The molecule has 2 aliphatic heterocycles. The van der Waals surface area contributed by atoms with Gasteiger partial charge in [-0.3, -0.25) is 4.90 Å². The van der Waals surface area contributed by atoms with Crippen LogP contribution in [0.1, 0.15) is 39.5 Å². The molecular weight excluding hydrogens is 316 g/mol. The summed E-state index contributed by atoms with van der Waals surface area (Å²) in [6.07, 6.45) is 2.03. The summed E-state index contributed by atoms with van der Waals surface area (Å²) >= 11 is 0. The van der Waals surface area contributed by atoms with Crippen LogP contribution in [0, 0.1) is 0 Å². The lowest BCUT2D eigenvalue weighted by Gasteiger charge is -2.39. The summed E-state index contributed by atoms with van der Waals surface area (Å²) in [6, 6.07) is 0.468. The first-order valence-electron chi connectivity index (χ1n) is 8.28. The van der Waals surface area contributed by atoms with Crippen LogP contribution in [0.25, 0.3) is 0 Å². The maximum Gasteiger partial charge on any atom is 0.266 e. The molecule has 1 aromatic rings. The van der Waals surface area contributed by atoms with Gasteiger partial charge in [-0.05, 0) is 18.0 Å². The molecule has 8 heteroatoms. The molecule has 2 saturated heterocycles. The van der Waals surface area contributed by atoms with E-state index in [1.165, 1.54) is 0 Å². The summed E-state index contributed by atoms with van der Waals surface area (Å²) in [4.78, 5) is 9.01. The van der Waals surface area contributed by atoms with Crippen molar-refractivity contribution in [1.82, 2.24) is 15.0 Å². The van der Waals surface area contributed by atoms with Crippen molar-refractivity contribution in [2.45, 2.75) is 45.1 Å². The minimum absolute atomic E-state index is 0.136. The van der Waals surface area contributed by atoms with Crippen molar-refractivity contribution in [3.63, 3.8) is 0 Å². The third-order valence-electron chi connectivity index (χ3n) is 4.70. The van der Waals surface area contributed by atoms with Crippen molar-refractivity contribution < 1.29 is 12.9 Å². The molecule has 0 aliphatic carbocycles. The highest BCUT2D eigenvalue weighted by molar-refractivity contribution is 7.91. The van der Waals surface area contributed by atoms with Gasteiger partial charge in [0.15, 0.2) is 9.84 Å². The maximum absolute atomic E-state index is 11.5. The van der Waals surface area contributed by atoms with E-state index in [1.807, 2.05) is 0 Å². The van der Waals surface area contributed by atoms with Gasteiger partial charge < -0.3 is 9.42 Å². The maximum atomic E-state index is 11.5. The van der Waals surface area contributed by atoms with Crippen LogP contribution in [0.5, 0.6) is 0 Å². The van der Waals surface area contributed by atoms with Crippen LogP contribution in [-0.2, 0) is 15.3 Å². The zero-order valence-corrected chi connectivity index (χ0v) is 15.0. The van der Waals surface area contributed by atoms with E-state index in [0.29, 0.717) is 42.5 Å². The van der Waals surface area contributed by atoms with Gasteiger partial charge in [0.25, 0.3) is 5.95 Å². The van der Waals surface area contributed by atoms with Crippen LogP contribution in [0.2, 0.25) is 0 Å². The fourth-order valence-electron chi connectivity index (χ4n) is 3.17. The second-order valence-electron chi connectivity index (χ2n) is 7.56. The number of hydrogen-bond donors (Lipinski definition) is 0. The number of hydrogen-bond acceptors (Lipinski definition) is 7. The predicted molar refractivity (Wildman–Crippen MR) is 88.5 cm³/mol. The number of piperidine rings is 1. The van der Waals surface area contributed by atoms with Crippen LogP contribution < -0.4 is 4.90 Å². The standard InChI is InChI=1S/C15H26N4O3S/c1-15(2,3)13-16-14(17-22-13)19-6-4-12(5-7-19)18-8-10-23(20,21)11-9-18/h12H,4-11H2,1-3H3. The first-order chi connectivity index (χ1) is 10.7. The van der Waals surface area contributed by atoms with Crippen molar-refractivity contribution in [3.05, 3.63) is 5.89 Å². The molecule has 2 fully saturated rings. The Morgan fingerprint density at radius 2 is 1.70 bits per heavy atom. The lowest BCUT2D eigenvalue weighted by Crippen LogP contribution is -2.50. The monoisotopic (exact) mass is 342 g/mol. The Labute approximate surface area is 137 Å². The quantitative estimate of drug-likeness (QED) is 0.795. The van der Waals surface area contributed by atoms with Crippen LogP contribution in [0.15, 0.2) is 4.52 Å². The zero-order valence-electron chi connectivity index (χ0n) is 14.2. The molecule has 2 aliphatic rings. The van der Waals surface area contributed by atoms with Crippen molar-refractivity contribution in [3.8, 4) is 0 Å². The van der Waals surface area contributed by atoms with Crippen LogP contribution in [0.4, 0.5) is 5.95 Å². The van der Waals surface area contributed by atoms with Gasteiger partial charge in [0.1, 0.15) is 0 Å². The van der Waals surface area contributed by atoms with E-state index < -0.39 is 9.84 Å². The summed E-state index contributed by atoms with van der Waals surface area (Å²) in [7, 11) is -2.80. The SMILES string of the molecule is CC(C)(C)c1nc(N2CCC(N3CCS(=O)(=O)CC3)CC2)no1. The average molecular weight is 342 g/mol. The first kappa shape index (κ1) is 16.7. The van der Waals surface area contributed by atoms with Gasteiger partial charge in [-0.1, -0.05) is 20.8 Å². The summed E-state index contributed by atoms with van der Waals surface area (Å²) in [5, 5.41) is 4.11. The lowest BCUT2D eigenvalue weighted by molar-refractivity contribution is 0.182. The molecule has 130 valence electrons. The molecule has 0 aromatic carbocycles. The Balaban J connectivity index is 1.55. The number of rotatable bonds is 2. The second-order valence-corrected chi connectivity index (χ2v) is 9.86. The molecule has 1 aromatic heterocycles. The largest absolute Gasteiger partial charge is 0.338 e. The third kappa shape index (κ3) is 3.85. The van der Waals surface area contributed by atoms with Gasteiger partial charge in [-0.25, -0.2) is 8.42 Å². The molecule has 0 amide bonds. The Hall–Kier alpha value is -1.15. The normalized spacial score (nSPS) is 24.0. The summed E-state index contributed by atoms with van der Waals surface area (Å²) in [5.41, 5.74) is -0.136. The van der Waals surface area contributed by atoms with Gasteiger partial charge in [0.05, 0.1) is 11.5 Å². The highest BCUT2D eigenvalue weighted by Gasteiger charge is 2.31. The highest BCUT2D eigenvalue weighted by Crippen LogP contribution is 2.25. The molecule has 0 unspecified atom stereocenters. The van der Waals surface area contributed by atoms with Gasteiger partial charge in [0, 0.05) is 37.6 Å². The van der Waals surface area contributed by atoms with Gasteiger partial charge in [-0.2, -0.15) is 4.98 Å². The van der Waals surface area contributed by atoms with Crippen molar-refractivity contribution in [2.24, 2.45) is 0 Å². The molecule has 3 rings (SSSR count). The molecule has 0 saturated carbocycles. The van der Waals surface area contributed by atoms with Crippen LogP contribution in [-0.4, -0.2) is 67.2 Å². The molecule has 0 atom stereocenters. The number of aromatic nitrogens is 2. The molecule has 0 N–H and O–H groups in total. The Morgan fingerprint density at radius 1 is 1.09 bits per heavy atom. The van der Waals surface area contributed by atoms with E-state index in [1.54, 1.807) is 0 Å². The van der Waals surface area contributed by atoms with E-state index in [0.717, 1.165) is 25.9 Å². The van der Waals surface area contributed by atoms with E-state index in [9.17, 15) is 8.42 Å². The molecule has 0 bridgehead atoms. The van der Waals surface area contributed by atoms with E-state index >= 15 is 0 Å². The van der Waals surface area contributed by atoms with Crippen molar-refractivity contribution >= 4 is 15.8 Å². The minimum Gasteiger partial charge on any atom is -0.338 e. The second kappa shape index (κ2) is 6.05. The zero-order chi connectivity index (χ0) is 16.7. The predicted octanol–water partition coefficient (Wildman–Crippen LogP) is 1.07. The van der Waals surface area contributed by atoms with Crippen molar-refractivity contribution in [1.29, 1.82) is 0 Å². The van der Waals surface area contributed by atoms with E-state index in [4.69, 9.17) is 4.52 Å². The topological polar surface area (TPSA) is 79.5 Å². The number of sulfone groups is 1. The first-order valence-corrected chi connectivity index (χ1v) is 10.1. The molecule has 7 nitrogen and oxygen atoms in total. The summed E-state index contributed by atoms with van der Waals surface area (Å²) in [6.45, 7) is 9.28. The Kier molecular flexibility index (Phi) is 4.39. The molecular formula is C15H26N4O3S. The molecule has 0 spiro atoms. The smallest absolute Gasteiger partial charge is 0.266 e. The summed E-state index contributed by atoms with van der Waals surface area (Å²) < 4.78 is 28.4. The summed E-state index contributed by atoms with van der Waals surface area (Å²) in [5.74, 6) is 1.94. The lowest BCUT2D eigenvalue weighted by atomic mass is 9.97. The Bertz CT molecular complexity index is 628. The average Bonchev–Trinajstić information content (AvgIpc) is 2.97. The van der Waals surface area contributed by atoms with Crippen LogP contribution in [0.3, 0.4) is 0 Å². The molecule has 0 radical (unpaired) electrons. The van der Waals surface area contributed by atoms with Crippen LogP contribution >= 0.6 is 0 Å². The van der Waals surface area contributed by atoms with E-state index in [2.05, 4.69) is 40.7 Å². The minimum atomic E-state index is -2.80. The fourth-order valence-corrected chi connectivity index (χ4v) is 4.40. The van der Waals surface area contributed by atoms with Crippen molar-refractivity contribution in [2.75, 3.05) is 42.6 Å². The Morgan fingerprint density at radius 3 is 2.22 bits per heavy atom. The number of nitrogens with zero attached hydrogens (tertiary/aromatic N) is 4. The number of anilines is 1. The molecule has 3 heterocycles. The molecule has 23 heavy (non-hydrogen) atoms. The fraction of sp³-hybridized carbons (Fsp3) is 0.867. The van der Waals surface area contributed by atoms with Gasteiger partial charge >= 0.3 is 0 Å². The van der Waals surface area contributed by atoms with Gasteiger partial charge in [0.2, 0.25) is 5.89 Å². The highest BCUT2D eigenvalue weighted by atomic mass is 32.2. The van der Waals surface area contributed by atoms with E-state index in [-0.39, 0.29) is 5.41 Å². The van der Waals surface area contributed by atoms with Gasteiger partial charge in [-0.15, -0.1) is 0 Å². The third-order valence-corrected chi connectivity index (χ3v) is 6.31.